The third-order valence-corrected chi connectivity index (χ3v) is 19.9. The van der Waals surface area contributed by atoms with Gasteiger partial charge in [-0.25, -0.2) is 4.98 Å². The second-order valence-corrected chi connectivity index (χ2v) is 26.6. The summed E-state index contributed by atoms with van der Waals surface area (Å²) < 4.78 is 7.14. The van der Waals surface area contributed by atoms with E-state index in [0.29, 0.717) is 0 Å². The Bertz CT molecular complexity index is 4210. The molecule has 0 bridgehead atoms. The number of imidazole rings is 1. The van der Waals surface area contributed by atoms with Crippen LogP contribution in [0.3, 0.4) is 0 Å². The Morgan fingerprint density at radius 2 is 1.13 bits per heavy atom. The van der Waals surface area contributed by atoms with Crippen molar-refractivity contribution in [2.45, 2.75) is 53.1 Å². The van der Waals surface area contributed by atoms with Crippen LogP contribution in [0.2, 0.25) is 13.1 Å². The van der Waals surface area contributed by atoms with Gasteiger partial charge in [0.15, 0.2) is 0 Å². The number of hydrogen-bond acceptors (Lipinski definition) is 3. The summed E-state index contributed by atoms with van der Waals surface area (Å²) in [6, 6.07) is 78.5. The van der Waals surface area contributed by atoms with Crippen molar-refractivity contribution in [2.24, 2.45) is 0 Å². The largest absolute Gasteiger partial charge is 0.421 e. The fourth-order valence-electron chi connectivity index (χ4n) is 12.7. The maximum absolute atomic E-state index is 5.10. The summed E-state index contributed by atoms with van der Waals surface area (Å²) in [6.07, 6.45) is 6.08. The van der Waals surface area contributed by atoms with E-state index in [2.05, 4.69) is 290 Å². The number of hydrogen-bond donors (Lipinski definition) is 0. The Morgan fingerprint density at radius 3 is 1.83 bits per heavy atom. The molecule has 0 unspecified atom stereocenters. The summed E-state index contributed by atoms with van der Waals surface area (Å²) in [5.74, 6) is 0.916. The van der Waals surface area contributed by atoms with Crippen LogP contribution in [-0.4, -0.2) is 29.2 Å². The second-order valence-electron chi connectivity index (χ2n) is 22.3. The minimum Gasteiger partial charge on any atom is -0.360 e. The molecule has 0 amide bonds. The van der Waals surface area contributed by atoms with Crippen LogP contribution in [0.1, 0.15) is 37.5 Å². The number of aryl methyl sites for hydroxylation is 2. The molecule has 14 rings (SSSR count). The zero-order chi connectivity index (χ0) is 51.6. The topological polar surface area (TPSA) is 33.1 Å². The molecule has 9 aromatic carbocycles. The van der Waals surface area contributed by atoms with Crippen molar-refractivity contribution in [3.8, 4) is 39.4 Å². The van der Waals surface area contributed by atoms with Gasteiger partial charge in [0.2, 0.25) is 0 Å². The molecule has 8 heteroatoms. The minimum atomic E-state index is -2.43. The van der Waals surface area contributed by atoms with Gasteiger partial charge in [0.25, 0.3) is 6.33 Å². The van der Waals surface area contributed by atoms with Gasteiger partial charge in [0.05, 0.1) is 44.8 Å². The van der Waals surface area contributed by atoms with Gasteiger partial charge in [-0.3, -0.25) is 13.7 Å². The zero-order valence-electron chi connectivity index (χ0n) is 44.0. The normalized spacial score (nSPS) is 13.8. The minimum absolute atomic E-state index is 0.0467. The Balaban J connectivity index is 1.07. The summed E-state index contributed by atoms with van der Waals surface area (Å²) in [7, 11) is -2.43. The number of benzene rings is 9. The van der Waals surface area contributed by atoms with Crippen molar-refractivity contribution in [2.75, 3.05) is 9.62 Å². The van der Waals surface area contributed by atoms with Gasteiger partial charge >= 0.3 is 6.98 Å². The number of fused-ring (bicyclic) bond motifs is 6. The third-order valence-electron chi connectivity index (χ3n) is 16.4. The molecule has 12 aromatic rings. The van der Waals surface area contributed by atoms with Gasteiger partial charge in [-0.1, -0.05) is 203 Å². The molecule has 0 fully saturated rings. The number of pyridine rings is 1. The molecule has 3 aromatic heterocycles. The first-order valence-electron chi connectivity index (χ1n) is 26.6. The van der Waals surface area contributed by atoms with E-state index in [1.54, 1.807) is 0 Å². The van der Waals surface area contributed by atoms with Crippen LogP contribution >= 0.6 is 0 Å². The van der Waals surface area contributed by atoms with Gasteiger partial charge < -0.3 is 9.62 Å². The molecule has 0 spiro atoms. The maximum Gasteiger partial charge on any atom is 0.421 e. The van der Waals surface area contributed by atoms with E-state index < -0.39 is 8.07 Å². The summed E-state index contributed by atoms with van der Waals surface area (Å²) >= 11 is 0. The van der Waals surface area contributed by atoms with Gasteiger partial charge in [0, 0.05) is 28.3 Å². The first kappa shape index (κ1) is 45.9. The standard InChI is InChI=1S/C68H57BN6Si/c1-45-22-19-23-46(2)65(45)69-74(50-28-15-10-16-29-50)60-43-63-61(42-59(60)75(69)51-36-37-55-54-30-17-18-33-56(54)73(58(55)41-51)64-40-49(38-39-70-64)68(3,4)5)72-44-71(57-34-21-35-62(67(57)72)76(63,6)7)66-52(47-24-11-8-12-25-47)31-20-32-53(66)48-26-13-9-14-27-48/h8-43H,1-7H3. The Hall–Kier alpha value is -8.72. The van der Waals surface area contributed by atoms with Crippen LogP contribution in [-0.2, 0) is 5.41 Å². The number of para-hydroxylation sites is 4. The highest BCUT2D eigenvalue weighted by Gasteiger charge is 2.48. The fraction of sp³-hybridized carbons (Fsp3) is 0.118. The van der Waals surface area contributed by atoms with E-state index in [1.165, 1.54) is 71.3 Å². The maximum atomic E-state index is 5.10. The Morgan fingerprint density at radius 1 is 0.526 bits per heavy atom. The molecule has 6 nitrogen and oxygen atoms in total. The molecule has 0 saturated carbocycles. The van der Waals surface area contributed by atoms with Crippen LogP contribution in [0, 0.1) is 20.2 Å². The van der Waals surface area contributed by atoms with Crippen molar-refractivity contribution in [1.82, 2.24) is 14.1 Å². The quantitative estimate of drug-likeness (QED) is 0.0906. The molecule has 5 heterocycles. The summed E-state index contributed by atoms with van der Waals surface area (Å²) in [5, 5.41) is 5.18. The summed E-state index contributed by atoms with van der Waals surface area (Å²) in [4.78, 5) is 10.3. The first-order chi connectivity index (χ1) is 37.0. The van der Waals surface area contributed by atoms with Gasteiger partial charge in [-0.15, -0.1) is 0 Å². The van der Waals surface area contributed by atoms with Crippen LogP contribution in [0.25, 0.3) is 72.3 Å². The van der Waals surface area contributed by atoms with Crippen LogP contribution in [0.15, 0.2) is 219 Å². The van der Waals surface area contributed by atoms with Crippen LogP contribution < -0.4 is 30.0 Å². The second kappa shape index (κ2) is 17.2. The van der Waals surface area contributed by atoms with E-state index in [1.807, 2.05) is 6.20 Å². The van der Waals surface area contributed by atoms with E-state index in [4.69, 9.17) is 4.98 Å². The summed E-state index contributed by atoms with van der Waals surface area (Å²) in [5.41, 5.74) is 21.1. The molecule has 76 heavy (non-hydrogen) atoms. The van der Waals surface area contributed by atoms with Crippen LogP contribution in [0.4, 0.5) is 22.7 Å². The molecule has 0 aliphatic carbocycles. The molecule has 2 aliphatic heterocycles. The highest BCUT2D eigenvalue weighted by atomic mass is 28.3. The zero-order valence-corrected chi connectivity index (χ0v) is 45.0. The van der Waals surface area contributed by atoms with Crippen molar-refractivity contribution < 1.29 is 4.57 Å². The fourth-order valence-corrected chi connectivity index (χ4v) is 15.6. The lowest BCUT2D eigenvalue weighted by Gasteiger charge is -2.34. The van der Waals surface area contributed by atoms with E-state index in [0.717, 1.165) is 56.2 Å². The number of aromatic nitrogens is 4. The Kier molecular flexibility index (Phi) is 10.4. The lowest BCUT2D eigenvalue weighted by Crippen LogP contribution is -2.57. The molecule has 0 atom stereocenters. The van der Waals surface area contributed by atoms with Crippen molar-refractivity contribution in [3.63, 3.8) is 0 Å². The number of rotatable bonds is 7. The SMILES string of the molecule is Cc1cccc(C)c1B1N(c2ccc3c4ccccc4n(-c4cc(C(C)(C)C)ccn4)c3c2)c2cc3c(cc2N1c1ccccc1)[Si](C)(C)c1cccc2c1n-3[c-][n+]2-c1c(-c2ccccc2)cccc1-c1ccccc1. The highest BCUT2D eigenvalue weighted by molar-refractivity contribution is 7.02. The molecule has 2 aliphatic rings. The van der Waals surface area contributed by atoms with Crippen molar-refractivity contribution in [1.29, 1.82) is 0 Å². The molecule has 0 N–H and O–H groups in total. The smallest absolute Gasteiger partial charge is 0.360 e. The predicted octanol–water partition coefficient (Wildman–Crippen LogP) is 14.3. The Labute approximate surface area is 446 Å². The van der Waals surface area contributed by atoms with E-state index in [9.17, 15) is 0 Å². The van der Waals surface area contributed by atoms with Crippen molar-refractivity contribution in [3.05, 3.63) is 242 Å². The molecule has 0 radical (unpaired) electrons. The summed E-state index contributed by atoms with van der Waals surface area (Å²) in [6.45, 7) is 16.2. The highest BCUT2D eigenvalue weighted by Crippen LogP contribution is 2.49. The van der Waals surface area contributed by atoms with Gasteiger partial charge in [-0.05, 0) is 118 Å². The third kappa shape index (κ3) is 6.93. The van der Waals surface area contributed by atoms with Gasteiger partial charge in [0.1, 0.15) is 13.9 Å². The lowest BCUT2D eigenvalue weighted by molar-refractivity contribution is -0.571. The molecular formula is C68H57BN6Si. The number of nitrogens with zero attached hydrogens (tertiary/aromatic N) is 6. The average Bonchev–Trinajstić information content (AvgIpc) is 4.26. The van der Waals surface area contributed by atoms with Gasteiger partial charge in [-0.2, -0.15) is 0 Å². The van der Waals surface area contributed by atoms with E-state index in [-0.39, 0.29) is 12.4 Å². The lowest BCUT2D eigenvalue weighted by atomic mass is 9.61. The molecule has 0 saturated heterocycles. The molecular weight excluding hydrogens is 940 g/mol. The number of anilines is 4. The average molecular weight is 997 g/mol. The monoisotopic (exact) mass is 996 g/mol. The van der Waals surface area contributed by atoms with Crippen LogP contribution in [0.5, 0.6) is 0 Å². The van der Waals surface area contributed by atoms with E-state index >= 15 is 0 Å². The predicted molar refractivity (Wildman–Crippen MR) is 321 cm³/mol. The first-order valence-corrected chi connectivity index (χ1v) is 29.6. The molecule has 366 valence electrons. The van der Waals surface area contributed by atoms with Crippen molar-refractivity contribution >= 4 is 86.5 Å².